The SMILES string of the molecule is Cc1ccc(NC(=O)N2CCCCC2CCC(=O)O)cc1. The number of aryl methyl sites for hydroxylation is 1. The van der Waals surface area contributed by atoms with E-state index in [4.69, 9.17) is 5.11 Å². The molecule has 0 radical (unpaired) electrons. The number of aliphatic carboxylic acids is 1. The number of nitrogens with one attached hydrogen (secondary N) is 1. The van der Waals surface area contributed by atoms with Crippen molar-refractivity contribution in [1.82, 2.24) is 4.90 Å². The van der Waals surface area contributed by atoms with Crippen LogP contribution in [0.2, 0.25) is 0 Å². The Labute approximate surface area is 125 Å². The summed E-state index contributed by atoms with van der Waals surface area (Å²) in [4.78, 5) is 24.9. The van der Waals surface area contributed by atoms with Gasteiger partial charge in [0, 0.05) is 24.7 Å². The lowest BCUT2D eigenvalue weighted by Crippen LogP contribution is -2.46. The number of hydrogen-bond donors (Lipinski definition) is 2. The molecule has 1 atom stereocenters. The van der Waals surface area contributed by atoms with Crippen LogP contribution in [0.1, 0.15) is 37.7 Å². The number of carboxylic acid groups (broad SMARTS) is 1. The van der Waals surface area contributed by atoms with Crippen molar-refractivity contribution < 1.29 is 14.7 Å². The largest absolute Gasteiger partial charge is 0.481 e. The first kappa shape index (κ1) is 15.4. The van der Waals surface area contributed by atoms with Gasteiger partial charge < -0.3 is 15.3 Å². The summed E-state index contributed by atoms with van der Waals surface area (Å²) >= 11 is 0. The van der Waals surface area contributed by atoms with Crippen LogP contribution in [0.25, 0.3) is 0 Å². The van der Waals surface area contributed by atoms with Crippen LogP contribution in [0.5, 0.6) is 0 Å². The summed E-state index contributed by atoms with van der Waals surface area (Å²) in [5.74, 6) is -0.806. The number of carbonyl (C=O) groups is 2. The number of hydrogen-bond acceptors (Lipinski definition) is 2. The van der Waals surface area contributed by atoms with Gasteiger partial charge in [0.25, 0.3) is 0 Å². The second kappa shape index (κ2) is 7.11. The zero-order valence-corrected chi connectivity index (χ0v) is 12.3. The fraction of sp³-hybridized carbons (Fsp3) is 0.500. The average molecular weight is 290 g/mol. The van der Waals surface area contributed by atoms with E-state index in [0.717, 1.165) is 30.5 Å². The molecular weight excluding hydrogens is 268 g/mol. The Morgan fingerprint density at radius 2 is 2.00 bits per heavy atom. The Hall–Kier alpha value is -2.04. The number of amides is 2. The van der Waals surface area contributed by atoms with E-state index in [1.165, 1.54) is 0 Å². The molecule has 1 saturated heterocycles. The molecular formula is C16H22N2O3. The number of benzene rings is 1. The lowest BCUT2D eigenvalue weighted by atomic mass is 9.98. The first-order chi connectivity index (χ1) is 10.1. The van der Waals surface area contributed by atoms with Crippen LogP contribution in [0, 0.1) is 6.92 Å². The molecule has 1 fully saturated rings. The smallest absolute Gasteiger partial charge is 0.322 e. The predicted molar refractivity (Wildman–Crippen MR) is 81.4 cm³/mol. The minimum atomic E-state index is -0.806. The van der Waals surface area contributed by atoms with Crippen molar-refractivity contribution >= 4 is 17.7 Å². The average Bonchev–Trinajstić information content (AvgIpc) is 2.47. The van der Waals surface area contributed by atoms with E-state index < -0.39 is 5.97 Å². The lowest BCUT2D eigenvalue weighted by Gasteiger charge is -2.35. The number of anilines is 1. The second-order valence-electron chi connectivity index (χ2n) is 5.57. The van der Waals surface area contributed by atoms with Crippen LogP contribution < -0.4 is 5.32 Å². The standard InChI is InChI=1S/C16H22N2O3/c1-12-5-7-13(8-6-12)17-16(21)18-11-3-2-4-14(18)9-10-15(19)20/h5-8,14H,2-4,9-11H2,1H3,(H,17,21)(H,19,20). The molecule has 0 aliphatic carbocycles. The number of piperidine rings is 1. The van der Waals surface area contributed by atoms with Gasteiger partial charge in [-0.3, -0.25) is 4.79 Å². The highest BCUT2D eigenvalue weighted by Crippen LogP contribution is 2.22. The molecule has 0 aromatic heterocycles. The zero-order valence-electron chi connectivity index (χ0n) is 12.3. The minimum absolute atomic E-state index is 0.0281. The van der Waals surface area contributed by atoms with Crippen molar-refractivity contribution in [3.05, 3.63) is 29.8 Å². The van der Waals surface area contributed by atoms with Gasteiger partial charge in [0.15, 0.2) is 0 Å². The van der Waals surface area contributed by atoms with E-state index in [1.54, 1.807) is 4.90 Å². The predicted octanol–water partition coefficient (Wildman–Crippen LogP) is 3.25. The molecule has 5 nitrogen and oxygen atoms in total. The van der Waals surface area contributed by atoms with Crippen molar-refractivity contribution in [2.75, 3.05) is 11.9 Å². The van der Waals surface area contributed by atoms with Crippen LogP contribution in [0.4, 0.5) is 10.5 Å². The molecule has 114 valence electrons. The van der Waals surface area contributed by atoms with Crippen molar-refractivity contribution in [3.63, 3.8) is 0 Å². The van der Waals surface area contributed by atoms with Gasteiger partial charge in [0.05, 0.1) is 0 Å². The molecule has 0 bridgehead atoms. The molecule has 0 spiro atoms. The summed E-state index contributed by atoms with van der Waals surface area (Å²) in [7, 11) is 0. The quantitative estimate of drug-likeness (QED) is 0.894. The van der Waals surface area contributed by atoms with E-state index in [-0.39, 0.29) is 18.5 Å². The molecule has 1 heterocycles. The molecule has 2 N–H and O–H groups in total. The maximum Gasteiger partial charge on any atom is 0.322 e. The van der Waals surface area contributed by atoms with E-state index >= 15 is 0 Å². The van der Waals surface area contributed by atoms with Crippen LogP contribution in [-0.2, 0) is 4.79 Å². The summed E-state index contributed by atoms with van der Waals surface area (Å²) in [6.07, 6.45) is 3.55. The molecule has 1 aliphatic rings. The molecule has 1 aromatic carbocycles. The molecule has 1 aromatic rings. The van der Waals surface area contributed by atoms with Crippen molar-refractivity contribution in [2.45, 2.75) is 45.1 Å². The maximum absolute atomic E-state index is 12.4. The van der Waals surface area contributed by atoms with Gasteiger partial charge in [-0.15, -0.1) is 0 Å². The number of rotatable bonds is 4. The molecule has 1 aliphatic heterocycles. The van der Waals surface area contributed by atoms with E-state index in [0.29, 0.717) is 13.0 Å². The highest BCUT2D eigenvalue weighted by molar-refractivity contribution is 5.89. The summed E-state index contributed by atoms with van der Waals surface area (Å²) in [5.41, 5.74) is 1.92. The third kappa shape index (κ3) is 4.48. The zero-order chi connectivity index (χ0) is 15.2. The van der Waals surface area contributed by atoms with Gasteiger partial charge in [0.2, 0.25) is 0 Å². The van der Waals surface area contributed by atoms with Crippen molar-refractivity contribution in [3.8, 4) is 0 Å². The summed E-state index contributed by atoms with van der Waals surface area (Å²) < 4.78 is 0. The topological polar surface area (TPSA) is 69.6 Å². The van der Waals surface area contributed by atoms with E-state index in [1.807, 2.05) is 31.2 Å². The van der Waals surface area contributed by atoms with Gasteiger partial charge in [-0.2, -0.15) is 0 Å². The molecule has 5 heteroatoms. The molecule has 0 saturated carbocycles. The van der Waals surface area contributed by atoms with E-state index in [9.17, 15) is 9.59 Å². The van der Waals surface area contributed by atoms with Gasteiger partial charge in [-0.05, 0) is 44.7 Å². The Balaban J connectivity index is 1.97. The first-order valence-electron chi connectivity index (χ1n) is 7.42. The third-order valence-electron chi connectivity index (χ3n) is 3.88. The summed E-state index contributed by atoms with van der Waals surface area (Å²) in [6, 6.07) is 7.56. The van der Waals surface area contributed by atoms with Gasteiger partial charge in [0.1, 0.15) is 0 Å². The van der Waals surface area contributed by atoms with Crippen LogP contribution >= 0.6 is 0 Å². The Morgan fingerprint density at radius 3 is 2.67 bits per heavy atom. The number of likely N-dealkylation sites (tertiary alicyclic amines) is 1. The number of nitrogens with zero attached hydrogens (tertiary/aromatic N) is 1. The molecule has 1 unspecified atom stereocenters. The highest BCUT2D eigenvalue weighted by Gasteiger charge is 2.27. The Kier molecular flexibility index (Phi) is 5.20. The number of urea groups is 1. The fourth-order valence-electron chi connectivity index (χ4n) is 2.69. The first-order valence-corrected chi connectivity index (χ1v) is 7.42. The monoisotopic (exact) mass is 290 g/mol. The van der Waals surface area contributed by atoms with Crippen LogP contribution in [-0.4, -0.2) is 34.6 Å². The van der Waals surface area contributed by atoms with Crippen LogP contribution in [0.3, 0.4) is 0 Å². The fourth-order valence-corrected chi connectivity index (χ4v) is 2.69. The minimum Gasteiger partial charge on any atom is -0.481 e. The molecule has 2 rings (SSSR count). The number of carboxylic acids is 1. The normalized spacial score (nSPS) is 18.3. The number of carbonyl (C=O) groups excluding carboxylic acids is 1. The summed E-state index contributed by atoms with van der Waals surface area (Å²) in [6.45, 7) is 2.69. The Morgan fingerprint density at radius 1 is 1.29 bits per heavy atom. The van der Waals surface area contributed by atoms with Gasteiger partial charge >= 0.3 is 12.0 Å². The third-order valence-corrected chi connectivity index (χ3v) is 3.88. The van der Waals surface area contributed by atoms with Crippen molar-refractivity contribution in [1.29, 1.82) is 0 Å². The van der Waals surface area contributed by atoms with Crippen LogP contribution in [0.15, 0.2) is 24.3 Å². The van der Waals surface area contributed by atoms with Crippen molar-refractivity contribution in [2.24, 2.45) is 0 Å². The molecule has 2 amide bonds. The maximum atomic E-state index is 12.4. The lowest BCUT2D eigenvalue weighted by molar-refractivity contribution is -0.137. The molecule has 21 heavy (non-hydrogen) atoms. The Bertz CT molecular complexity index is 499. The van der Waals surface area contributed by atoms with Gasteiger partial charge in [-0.1, -0.05) is 17.7 Å². The highest BCUT2D eigenvalue weighted by atomic mass is 16.4. The summed E-state index contributed by atoms with van der Waals surface area (Å²) in [5, 5.41) is 11.7. The van der Waals surface area contributed by atoms with E-state index in [2.05, 4.69) is 5.32 Å². The second-order valence-corrected chi connectivity index (χ2v) is 5.57. The van der Waals surface area contributed by atoms with Gasteiger partial charge in [-0.25, -0.2) is 4.79 Å².